The molecule has 0 saturated heterocycles. The van der Waals surface area contributed by atoms with Gasteiger partial charge in [0, 0.05) is 44.3 Å². The molecule has 1 aromatic carbocycles. The summed E-state index contributed by atoms with van der Waals surface area (Å²) in [6.07, 6.45) is 2.05. The van der Waals surface area contributed by atoms with Crippen LogP contribution in [0, 0.1) is 0 Å². The Balaban J connectivity index is 0.00000420. The molecule has 1 aromatic heterocycles. The molecule has 0 aliphatic heterocycles. The standard InChI is InChI=1S/C21H32N6O.HI/c1-6-22-20(27(5)15-19-8-7-13-26(19)4)23-14-17-9-11-18(12-10-17)25-21(28)24-16(2)3;/h7-13,16H,6,14-15H2,1-5H3,(H,22,23)(H2,24,25,28);1H. The van der Waals surface area contributed by atoms with Gasteiger partial charge in [0.05, 0.1) is 13.1 Å². The lowest BCUT2D eigenvalue weighted by atomic mass is 10.2. The number of urea groups is 1. The number of anilines is 1. The van der Waals surface area contributed by atoms with Crippen LogP contribution in [0.25, 0.3) is 0 Å². The molecule has 29 heavy (non-hydrogen) atoms. The fourth-order valence-electron chi connectivity index (χ4n) is 2.74. The van der Waals surface area contributed by atoms with Crippen molar-refractivity contribution in [2.45, 2.75) is 39.9 Å². The fraction of sp³-hybridized carbons (Fsp3) is 0.429. The number of carbonyl (C=O) groups is 1. The van der Waals surface area contributed by atoms with Crippen molar-refractivity contribution >= 4 is 41.7 Å². The van der Waals surface area contributed by atoms with Gasteiger partial charge in [-0.1, -0.05) is 12.1 Å². The number of nitrogens with zero attached hydrogens (tertiary/aromatic N) is 3. The molecule has 0 unspecified atom stereocenters. The Bertz CT molecular complexity index is 785. The van der Waals surface area contributed by atoms with Crippen LogP contribution in [0.5, 0.6) is 0 Å². The van der Waals surface area contributed by atoms with Crippen LogP contribution in [-0.2, 0) is 20.1 Å². The zero-order valence-corrected chi connectivity index (χ0v) is 20.2. The number of nitrogens with one attached hydrogen (secondary N) is 3. The second kappa shape index (κ2) is 12.4. The number of hydrogen-bond donors (Lipinski definition) is 3. The maximum absolute atomic E-state index is 11.8. The molecule has 0 bridgehead atoms. The quantitative estimate of drug-likeness (QED) is 0.301. The predicted molar refractivity (Wildman–Crippen MR) is 131 cm³/mol. The molecule has 0 radical (unpaired) electrons. The van der Waals surface area contributed by atoms with Crippen molar-refractivity contribution in [2.75, 3.05) is 18.9 Å². The van der Waals surface area contributed by atoms with Crippen molar-refractivity contribution in [1.82, 2.24) is 20.1 Å². The molecule has 0 aliphatic carbocycles. The van der Waals surface area contributed by atoms with Crippen LogP contribution in [-0.4, -0.2) is 41.1 Å². The lowest BCUT2D eigenvalue weighted by Crippen LogP contribution is -2.38. The summed E-state index contributed by atoms with van der Waals surface area (Å²) in [5.41, 5.74) is 3.07. The maximum atomic E-state index is 11.8. The first kappa shape index (κ1) is 24.8. The van der Waals surface area contributed by atoms with Gasteiger partial charge in [0.1, 0.15) is 0 Å². The number of benzene rings is 1. The Labute approximate surface area is 191 Å². The molecule has 8 heteroatoms. The molecule has 160 valence electrons. The molecular weight excluding hydrogens is 479 g/mol. The van der Waals surface area contributed by atoms with Crippen molar-refractivity contribution in [3.8, 4) is 0 Å². The third-order valence-corrected chi connectivity index (χ3v) is 4.19. The Morgan fingerprint density at radius 1 is 1.21 bits per heavy atom. The number of aromatic nitrogens is 1. The van der Waals surface area contributed by atoms with E-state index in [1.54, 1.807) is 0 Å². The average molecular weight is 512 g/mol. The molecule has 0 fully saturated rings. The molecule has 0 saturated carbocycles. The van der Waals surface area contributed by atoms with Crippen LogP contribution in [0.2, 0.25) is 0 Å². The van der Waals surface area contributed by atoms with E-state index in [-0.39, 0.29) is 36.0 Å². The topological polar surface area (TPSA) is 73.7 Å². The molecule has 7 nitrogen and oxygen atoms in total. The van der Waals surface area contributed by atoms with Crippen LogP contribution < -0.4 is 16.0 Å². The third-order valence-electron chi connectivity index (χ3n) is 4.19. The van der Waals surface area contributed by atoms with E-state index in [1.807, 2.05) is 64.5 Å². The van der Waals surface area contributed by atoms with Gasteiger partial charge in [0.2, 0.25) is 0 Å². The number of guanidine groups is 1. The minimum atomic E-state index is -0.197. The summed E-state index contributed by atoms with van der Waals surface area (Å²) in [5.74, 6) is 0.863. The number of amides is 2. The molecule has 2 rings (SSSR count). The van der Waals surface area contributed by atoms with Crippen LogP contribution in [0.3, 0.4) is 0 Å². The van der Waals surface area contributed by atoms with Crippen LogP contribution >= 0.6 is 24.0 Å². The minimum Gasteiger partial charge on any atom is -0.357 e. The first-order valence-electron chi connectivity index (χ1n) is 9.65. The van der Waals surface area contributed by atoms with Gasteiger partial charge in [-0.25, -0.2) is 9.79 Å². The summed E-state index contributed by atoms with van der Waals surface area (Å²) in [5, 5.41) is 8.97. The highest BCUT2D eigenvalue weighted by Crippen LogP contribution is 2.11. The van der Waals surface area contributed by atoms with E-state index in [0.29, 0.717) is 6.54 Å². The Morgan fingerprint density at radius 3 is 2.45 bits per heavy atom. The number of halogens is 1. The van der Waals surface area contributed by atoms with Gasteiger partial charge in [-0.3, -0.25) is 0 Å². The Kier molecular flexibility index (Phi) is 10.6. The highest BCUT2D eigenvalue weighted by atomic mass is 127. The Hall–Kier alpha value is -2.23. The van der Waals surface area contributed by atoms with Crippen molar-refractivity contribution in [3.63, 3.8) is 0 Å². The normalized spacial score (nSPS) is 11.0. The average Bonchev–Trinajstić information content (AvgIpc) is 3.03. The number of aryl methyl sites for hydroxylation is 1. The van der Waals surface area contributed by atoms with Gasteiger partial charge in [0.15, 0.2) is 5.96 Å². The summed E-state index contributed by atoms with van der Waals surface area (Å²) < 4.78 is 2.11. The summed E-state index contributed by atoms with van der Waals surface area (Å²) in [6.45, 7) is 8.08. The SMILES string of the molecule is CCNC(=NCc1ccc(NC(=O)NC(C)C)cc1)N(C)Cc1cccn1C.I. The van der Waals surface area contributed by atoms with Crippen molar-refractivity contribution < 1.29 is 4.79 Å². The molecule has 2 aromatic rings. The first-order valence-corrected chi connectivity index (χ1v) is 9.65. The lowest BCUT2D eigenvalue weighted by molar-refractivity contribution is 0.250. The number of hydrogen-bond acceptors (Lipinski definition) is 2. The Morgan fingerprint density at radius 2 is 1.90 bits per heavy atom. The highest BCUT2D eigenvalue weighted by molar-refractivity contribution is 14.0. The highest BCUT2D eigenvalue weighted by Gasteiger charge is 2.08. The van der Waals surface area contributed by atoms with Crippen molar-refractivity contribution in [1.29, 1.82) is 0 Å². The molecular formula is C21H33IN6O. The number of aliphatic imine (C=N–C) groups is 1. The minimum absolute atomic E-state index is 0. The molecule has 1 heterocycles. The summed E-state index contributed by atoms with van der Waals surface area (Å²) in [6, 6.07) is 11.8. The largest absolute Gasteiger partial charge is 0.357 e. The molecule has 0 atom stereocenters. The second-order valence-electron chi connectivity index (χ2n) is 7.09. The zero-order chi connectivity index (χ0) is 20.5. The van der Waals surface area contributed by atoms with Gasteiger partial charge in [-0.15, -0.1) is 24.0 Å². The molecule has 2 amide bonds. The monoisotopic (exact) mass is 512 g/mol. The summed E-state index contributed by atoms with van der Waals surface area (Å²) in [4.78, 5) is 18.6. The fourth-order valence-corrected chi connectivity index (χ4v) is 2.74. The predicted octanol–water partition coefficient (Wildman–Crippen LogP) is 3.77. The maximum Gasteiger partial charge on any atom is 0.319 e. The van der Waals surface area contributed by atoms with Gasteiger partial charge in [-0.05, 0) is 50.6 Å². The van der Waals surface area contributed by atoms with Crippen LogP contribution in [0.4, 0.5) is 10.5 Å². The second-order valence-corrected chi connectivity index (χ2v) is 7.09. The molecule has 3 N–H and O–H groups in total. The van der Waals surface area contributed by atoms with E-state index in [2.05, 4.69) is 38.4 Å². The van der Waals surface area contributed by atoms with Gasteiger partial charge in [-0.2, -0.15) is 0 Å². The number of rotatable bonds is 7. The van der Waals surface area contributed by atoms with E-state index in [4.69, 9.17) is 4.99 Å². The summed E-state index contributed by atoms with van der Waals surface area (Å²) >= 11 is 0. The smallest absolute Gasteiger partial charge is 0.319 e. The van der Waals surface area contributed by atoms with Gasteiger partial charge in [0.25, 0.3) is 0 Å². The first-order chi connectivity index (χ1) is 13.4. The molecule has 0 spiro atoms. The van der Waals surface area contributed by atoms with E-state index < -0.39 is 0 Å². The van der Waals surface area contributed by atoms with E-state index in [0.717, 1.165) is 30.3 Å². The van der Waals surface area contributed by atoms with Gasteiger partial charge < -0.3 is 25.4 Å². The van der Waals surface area contributed by atoms with Crippen LogP contribution in [0.1, 0.15) is 32.0 Å². The van der Waals surface area contributed by atoms with Gasteiger partial charge >= 0.3 is 6.03 Å². The lowest BCUT2D eigenvalue weighted by Gasteiger charge is -2.22. The van der Waals surface area contributed by atoms with E-state index >= 15 is 0 Å². The molecule has 0 aliphatic rings. The third kappa shape index (κ3) is 8.35. The summed E-state index contributed by atoms with van der Waals surface area (Å²) in [7, 11) is 4.08. The van der Waals surface area contributed by atoms with Crippen LogP contribution in [0.15, 0.2) is 47.6 Å². The number of carbonyl (C=O) groups excluding carboxylic acids is 1. The van der Waals surface area contributed by atoms with Crippen molar-refractivity contribution in [3.05, 3.63) is 53.9 Å². The van der Waals surface area contributed by atoms with E-state index in [1.165, 1.54) is 5.69 Å². The van der Waals surface area contributed by atoms with Crippen molar-refractivity contribution in [2.24, 2.45) is 12.0 Å². The van der Waals surface area contributed by atoms with E-state index in [9.17, 15) is 4.79 Å². The zero-order valence-electron chi connectivity index (χ0n) is 17.9.